The molecule has 0 aliphatic rings. The second kappa shape index (κ2) is 11.1. The highest BCUT2D eigenvalue weighted by atomic mass is 35.5. The van der Waals surface area contributed by atoms with Crippen molar-refractivity contribution in [1.29, 1.82) is 0 Å². The van der Waals surface area contributed by atoms with E-state index in [0.717, 1.165) is 6.07 Å². The van der Waals surface area contributed by atoms with E-state index in [9.17, 15) is 19.7 Å². The highest BCUT2D eigenvalue weighted by Crippen LogP contribution is 2.25. The van der Waals surface area contributed by atoms with Crippen LogP contribution in [0.1, 0.15) is 15.9 Å². The van der Waals surface area contributed by atoms with Crippen LogP contribution in [0.4, 0.5) is 11.4 Å². The molecule has 0 saturated heterocycles. The van der Waals surface area contributed by atoms with E-state index in [-0.39, 0.29) is 28.8 Å². The number of halogens is 2. The second-order valence-corrected chi connectivity index (χ2v) is 7.32. The number of nitro groups is 1. The van der Waals surface area contributed by atoms with Crippen molar-refractivity contribution >= 4 is 52.6 Å². The number of carbonyl (C=O) groups excluding carboxylic acids is 2. The van der Waals surface area contributed by atoms with Crippen LogP contribution >= 0.6 is 23.2 Å². The number of hydrogen-bond donors (Lipinski definition) is 2. The van der Waals surface area contributed by atoms with Crippen LogP contribution in [0.15, 0.2) is 71.8 Å². The monoisotopic (exact) mass is 486 g/mol. The number of amides is 2. The number of hydrogen-bond acceptors (Lipinski definition) is 6. The first kappa shape index (κ1) is 23.7. The van der Waals surface area contributed by atoms with Gasteiger partial charge in [-0.05, 0) is 54.1 Å². The van der Waals surface area contributed by atoms with Gasteiger partial charge in [0.2, 0.25) is 0 Å². The molecular weight excluding hydrogens is 471 g/mol. The summed E-state index contributed by atoms with van der Waals surface area (Å²) in [4.78, 5) is 34.4. The maximum absolute atomic E-state index is 12.1. The number of benzene rings is 3. The molecule has 0 fully saturated rings. The van der Waals surface area contributed by atoms with E-state index >= 15 is 0 Å². The van der Waals surface area contributed by atoms with Gasteiger partial charge in [0.05, 0.1) is 21.8 Å². The first-order valence-electron chi connectivity index (χ1n) is 9.38. The van der Waals surface area contributed by atoms with Crippen LogP contribution < -0.4 is 15.5 Å². The van der Waals surface area contributed by atoms with Crippen molar-refractivity contribution in [2.24, 2.45) is 5.10 Å². The van der Waals surface area contributed by atoms with Crippen LogP contribution in [-0.4, -0.2) is 29.6 Å². The predicted octanol–water partition coefficient (Wildman–Crippen LogP) is 4.68. The summed E-state index contributed by atoms with van der Waals surface area (Å²) in [5, 5.41) is 17.8. The van der Waals surface area contributed by atoms with Gasteiger partial charge in [-0.25, -0.2) is 5.43 Å². The zero-order chi connectivity index (χ0) is 23.8. The van der Waals surface area contributed by atoms with Gasteiger partial charge in [0.25, 0.3) is 17.5 Å². The van der Waals surface area contributed by atoms with Gasteiger partial charge < -0.3 is 10.1 Å². The lowest BCUT2D eigenvalue weighted by Gasteiger charge is -2.08. The summed E-state index contributed by atoms with van der Waals surface area (Å²) in [5.41, 5.74) is 3.10. The lowest BCUT2D eigenvalue weighted by atomic mass is 10.2. The van der Waals surface area contributed by atoms with Gasteiger partial charge in [-0.3, -0.25) is 19.7 Å². The Morgan fingerprint density at radius 2 is 1.76 bits per heavy atom. The molecule has 2 amide bonds. The Hall–Kier alpha value is -3.95. The van der Waals surface area contributed by atoms with E-state index in [1.807, 2.05) is 0 Å². The van der Waals surface area contributed by atoms with E-state index in [2.05, 4.69) is 15.8 Å². The summed E-state index contributed by atoms with van der Waals surface area (Å²) >= 11 is 11.7. The zero-order valence-corrected chi connectivity index (χ0v) is 18.3. The Morgan fingerprint density at radius 1 is 1.03 bits per heavy atom. The largest absolute Gasteiger partial charge is 0.484 e. The van der Waals surface area contributed by atoms with Gasteiger partial charge in [0, 0.05) is 11.6 Å². The topological polar surface area (TPSA) is 123 Å². The number of nitrogens with zero attached hydrogens (tertiary/aromatic N) is 2. The SMILES string of the molecule is O=C(COc1ccc(/C=N\NC(=O)c2ccc(Cl)c([N+](=O)[O-])c2)cc1)Nc1ccccc1Cl. The maximum Gasteiger partial charge on any atom is 0.288 e. The molecule has 0 unspecified atom stereocenters. The lowest BCUT2D eigenvalue weighted by Crippen LogP contribution is -2.20. The first-order valence-corrected chi connectivity index (χ1v) is 10.1. The van der Waals surface area contributed by atoms with Crippen LogP contribution in [0.2, 0.25) is 10.0 Å². The third-order valence-electron chi connectivity index (χ3n) is 4.18. The molecule has 33 heavy (non-hydrogen) atoms. The number of nitrogens with one attached hydrogen (secondary N) is 2. The van der Waals surface area contributed by atoms with Crippen molar-refractivity contribution in [3.63, 3.8) is 0 Å². The Balaban J connectivity index is 1.50. The fourth-order valence-electron chi connectivity index (χ4n) is 2.57. The molecule has 3 aromatic carbocycles. The molecule has 11 heteroatoms. The second-order valence-electron chi connectivity index (χ2n) is 6.51. The molecule has 0 radical (unpaired) electrons. The minimum atomic E-state index is -0.674. The summed E-state index contributed by atoms with van der Waals surface area (Å²) < 4.78 is 5.44. The summed E-state index contributed by atoms with van der Waals surface area (Å²) in [7, 11) is 0. The van der Waals surface area contributed by atoms with Gasteiger partial charge in [-0.15, -0.1) is 0 Å². The number of rotatable bonds is 8. The van der Waals surface area contributed by atoms with Gasteiger partial charge >= 0.3 is 0 Å². The average molecular weight is 487 g/mol. The van der Waals surface area contributed by atoms with Crippen molar-refractivity contribution in [2.45, 2.75) is 0 Å². The molecule has 2 N–H and O–H groups in total. The van der Waals surface area contributed by atoms with Gasteiger partial charge in [-0.2, -0.15) is 5.10 Å². The fourth-order valence-corrected chi connectivity index (χ4v) is 2.94. The Bertz CT molecular complexity index is 1220. The molecular formula is C22H16Cl2N4O5. The molecule has 168 valence electrons. The van der Waals surface area contributed by atoms with Crippen molar-refractivity contribution in [3.05, 3.63) is 98.0 Å². The molecule has 0 aliphatic heterocycles. The fraction of sp³-hybridized carbons (Fsp3) is 0.0455. The van der Waals surface area contributed by atoms with E-state index in [1.54, 1.807) is 48.5 Å². The highest BCUT2D eigenvalue weighted by molar-refractivity contribution is 6.33. The normalized spacial score (nSPS) is 10.6. The van der Waals surface area contributed by atoms with Crippen LogP contribution in [0.25, 0.3) is 0 Å². The molecule has 9 nitrogen and oxygen atoms in total. The van der Waals surface area contributed by atoms with E-state index in [4.69, 9.17) is 27.9 Å². The Labute approximate surface area is 198 Å². The molecule has 0 saturated carbocycles. The number of para-hydroxylation sites is 1. The zero-order valence-electron chi connectivity index (χ0n) is 16.8. The van der Waals surface area contributed by atoms with Crippen LogP contribution in [-0.2, 0) is 4.79 Å². The quantitative estimate of drug-likeness (QED) is 0.271. The summed E-state index contributed by atoms with van der Waals surface area (Å²) in [6.45, 7) is -0.206. The van der Waals surface area contributed by atoms with Crippen molar-refractivity contribution in [1.82, 2.24) is 5.43 Å². The molecule has 0 atom stereocenters. The molecule has 0 aliphatic carbocycles. The summed E-state index contributed by atoms with van der Waals surface area (Å²) in [6.07, 6.45) is 1.39. The Kier molecular flexibility index (Phi) is 7.96. The number of ether oxygens (including phenoxy) is 1. The standard InChI is InChI=1S/C22H16Cl2N4O5/c23-17-3-1-2-4-19(17)26-21(29)13-33-16-8-5-14(6-9-16)12-25-27-22(30)15-7-10-18(24)20(11-15)28(31)32/h1-12H,13H2,(H,26,29)(H,27,30)/b25-12-. The molecule has 0 spiro atoms. The van der Waals surface area contributed by atoms with Gasteiger partial charge in [0.1, 0.15) is 10.8 Å². The highest BCUT2D eigenvalue weighted by Gasteiger charge is 2.16. The van der Waals surface area contributed by atoms with Gasteiger partial charge in [0.15, 0.2) is 6.61 Å². The molecule has 3 rings (SSSR count). The number of anilines is 1. The molecule has 0 aromatic heterocycles. The number of carbonyl (C=O) groups is 2. The minimum Gasteiger partial charge on any atom is -0.484 e. The predicted molar refractivity (Wildman–Crippen MR) is 125 cm³/mol. The van der Waals surface area contributed by atoms with E-state index in [0.29, 0.717) is 22.0 Å². The maximum atomic E-state index is 12.1. The van der Waals surface area contributed by atoms with Crippen LogP contribution in [0.3, 0.4) is 0 Å². The third-order valence-corrected chi connectivity index (χ3v) is 4.83. The summed E-state index contributed by atoms with van der Waals surface area (Å²) in [5.74, 6) is -0.534. The Morgan fingerprint density at radius 3 is 2.45 bits per heavy atom. The van der Waals surface area contributed by atoms with Crippen LogP contribution in [0.5, 0.6) is 5.75 Å². The first-order chi connectivity index (χ1) is 15.8. The average Bonchev–Trinajstić information content (AvgIpc) is 2.80. The number of hydrazone groups is 1. The smallest absolute Gasteiger partial charge is 0.288 e. The van der Waals surface area contributed by atoms with E-state index in [1.165, 1.54) is 18.3 Å². The lowest BCUT2D eigenvalue weighted by molar-refractivity contribution is -0.384. The van der Waals surface area contributed by atoms with E-state index < -0.39 is 10.8 Å². The number of nitro benzene ring substituents is 1. The molecule has 0 heterocycles. The van der Waals surface area contributed by atoms with Gasteiger partial charge in [-0.1, -0.05) is 35.3 Å². The third kappa shape index (κ3) is 6.76. The van der Waals surface area contributed by atoms with Crippen molar-refractivity contribution in [2.75, 3.05) is 11.9 Å². The minimum absolute atomic E-state index is 0.0436. The van der Waals surface area contributed by atoms with Crippen molar-refractivity contribution in [3.8, 4) is 5.75 Å². The summed E-state index contributed by atoms with van der Waals surface area (Å²) in [6, 6.07) is 17.2. The molecule has 0 bridgehead atoms. The van der Waals surface area contributed by atoms with Crippen LogP contribution in [0, 0.1) is 10.1 Å². The van der Waals surface area contributed by atoms with Crippen molar-refractivity contribution < 1.29 is 19.2 Å². The molecule has 3 aromatic rings.